The topological polar surface area (TPSA) is 39.8 Å². The fraction of sp³-hybridized carbons (Fsp3) is 0.360. The van der Waals surface area contributed by atoms with Crippen LogP contribution < -0.4 is 15.4 Å². The molecule has 0 radical (unpaired) electrons. The first kappa shape index (κ1) is 19.4. The molecule has 5 heteroatoms. The van der Waals surface area contributed by atoms with Crippen molar-refractivity contribution in [3.05, 3.63) is 84.1 Å². The number of benzene rings is 2. The Morgan fingerprint density at radius 1 is 1.03 bits per heavy atom. The molecule has 3 aliphatic heterocycles. The Morgan fingerprint density at radius 2 is 1.87 bits per heavy atom. The molecule has 3 atom stereocenters. The van der Waals surface area contributed by atoms with E-state index in [2.05, 4.69) is 87.3 Å². The lowest BCUT2D eigenvalue weighted by Gasteiger charge is -2.36. The molecule has 0 bridgehead atoms. The van der Waals surface area contributed by atoms with Crippen LogP contribution in [-0.4, -0.2) is 61.8 Å². The quantitative estimate of drug-likeness (QED) is 0.805. The van der Waals surface area contributed by atoms with Crippen LogP contribution in [0, 0.1) is 0 Å². The average Bonchev–Trinajstić information content (AvgIpc) is 3.18. The number of ether oxygens (including phenoxy) is 1. The first-order valence-corrected chi connectivity index (χ1v) is 10.9. The second-order valence-electron chi connectivity index (χ2n) is 8.24. The molecule has 2 aromatic carbocycles. The molecule has 2 fully saturated rings. The number of nitrogens with zero attached hydrogens (tertiary/aromatic N) is 2. The molecular formula is C25H30N4O. The summed E-state index contributed by atoms with van der Waals surface area (Å²) in [5, 5.41) is 7.34. The summed E-state index contributed by atoms with van der Waals surface area (Å²) in [6.07, 6.45) is 7.11. The smallest absolute Gasteiger partial charge is 0.119 e. The van der Waals surface area contributed by atoms with Gasteiger partial charge in [-0.1, -0.05) is 48.5 Å². The lowest BCUT2D eigenvalue weighted by molar-refractivity contribution is 0.172. The first-order chi connectivity index (χ1) is 14.8. The van der Waals surface area contributed by atoms with E-state index in [-0.39, 0.29) is 12.2 Å². The van der Waals surface area contributed by atoms with Gasteiger partial charge in [0, 0.05) is 38.9 Å². The maximum absolute atomic E-state index is 5.51. The van der Waals surface area contributed by atoms with Crippen LogP contribution in [0.4, 0.5) is 0 Å². The average molecular weight is 403 g/mol. The largest absolute Gasteiger partial charge is 0.497 e. The van der Waals surface area contributed by atoms with Crippen LogP contribution in [0.25, 0.3) is 5.57 Å². The van der Waals surface area contributed by atoms with Gasteiger partial charge in [-0.15, -0.1) is 0 Å². The fourth-order valence-electron chi connectivity index (χ4n) is 4.80. The number of fused-ring (bicyclic) bond motifs is 1. The molecule has 30 heavy (non-hydrogen) atoms. The van der Waals surface area contributed by atoms with Crippen molar-refractivity contribution in [2.45, 2.75) is 18.2 Å². The second kappa shape index (κ2) is 8.64. The third kappa shape index (κ3) is 3.88. The molecule has 3 aliphatic rings. The third-order valence-corrected chi connectivity index (χ3v) is 6.40. The molecule has 3 heterocycles. The number of piperazine rings is 1. The molecule has 0 amide bonds. The monoisotopic (exact) mass is 402 g/mol. The van der Waals surface area contributed by atoms with Crippen LogP contribution in [0.1, 0.15) is 17.2 Å². The highest BCUT2D eigenvalue weighted by Crippen LogP contribution is 2.36. The van der Waals surface area contributed by atoms with Gasteiger partial charge in [-0.05, 0) is 34.9 Å². The highest BCUT2D eigenvalue weighted by Gasteiger charge is 2.41. The summed E-state index contributed by atoms with van der Waals surface area (Å²) in [6.45, 7) is 5.38. The molecule has 0 saturated carbocycles. The van der Waals surface area contributed by atoms with Gasteiger partial charge < -0.3 is 15.0 Å². The minimum absolute atomic E-state index is 0.210. The van der Waals surface area contributed by atoms with Crippen LogP contribution in [0.2, 0.25) is 0 Å². The standard InChI is InChI=1S/C25H30N4O/c1-30-22-9-5-8-20(16-22)25-23(18-28-14-12-26-13-15-28)29-17-21(10-11-24(29)27-25)19-6-3-2-4-7-19/h2-11,16-17,23-27H,12-15,18H2,1H3. The normalized spacial score (nSPS) is 26.4. The van der Waals surface area contributed by atoms with Gasteiger partial charge in [0.15, 0.2) is 0 Å². The SMILES string of the molecule is COc1cccc(C2NC3C=CC(c4ccccc4)=CN3C2CN2CCNCC2)c1. The highest BCUT2D eigenvalue weighted by atomic mass is 16.5. The highest BCUT2D eigenvalue weighted by molar-refractivity contribution is 5.75. The molecular weight excluding hydrogens is 372 g/mol. The van der Waals surface area contributed by atoms with Crippen LogP contribution in [0.15, 0.2) is 72.9 Å². The maximum Gasteiger partial charge on any atom is 0.119 e. The van der Waals surface area contributed by atoms with Gasteiger partial charge in [-0.2, -0.15) is 0 Å². The van der Waals surface area contributed by atoms with E-state index in [1.807, 2.05) is 6.07 Å². The van der Waals surface area contributed by atoms with Crippen LogP contribution >= 0.6 is 0 Å². The van der Waals surface area contributed by atoms with Gasteiger partial charge in [-0.25, -0.2) is 0 Å². The molecule has 0 spiro atoms. The van der Waals surface area contributed by atoms with E-state index in [0.717, 1.165) is 38.5 Å². The Morgan fingerprint density at radius 3 is 2.67 bits per heavy atom. The lowest BCUT2D eigenvalue weighted by atomic mass is 9.98. The van der Waals surface area contributed by atoms with Gasteiger partial charge in [0.2, 0.25) is 0 Å². The Bertz CT molecular complexity index is 920. The molecule has 2 N–H and O–H groups in total. The first-order valence-electron chi connectivity index (χ1n) is 10.9. The van der Waals surface area contributed by atoms with Crippen molar-refractivity contribution in [3.63, 3.8) is 0 Å². The van der Waals surface area contributed by atoms with E-state index in [4.69, 9.17) is 4.74 Å². The molecule has 156 valence electrons. The van der Waals surface area contributed by atoms with Gasteiger partial charge in [-0.3, -0.25) is 10.2 Å². The van der Waals surface area contributed by atoms with Crippen LogP contribution in [-0.2, 0) is 0 Å². The van der Waals surface area contributed by atoms with Crippen LogP contribution in [0.5, 0.6) is 5.75 Å². The molecule has 5 nitrogen and oxygen atoms in total. The summed E-state index contributed by atoms with van der Waals surface area (Å²) < 4.78 is 5.51. The summed E-state index contributed by atoms with van der Waals surface area (Å²) in [4.78, 5) is 5.11. The van der Waals surface area contributed by atoms with Gasteiger partial charge in [0.05, 0.1) is 25.4 Å². The van der Waals surface area contributed by atoms with E-state index >= 15 is 0 Å². The Labute approximate surface area is 179 Å². The van der Waals surface area contributed by atoms with E-state index in [1.54, 1.807) is 7.11 Å². The van der Waals surface area contributed by atoms with E-state index < -0.39 is 0 Å². The molecule has 2 saturated heterocycles. The summed E-state index contributed by atoms with van der Waals surface area (Å²) in [5.41, 5.74) is 3.81. The van der Waals surface area contributed by atoms with Crippen molar-refractivity contribution in [2.24, 2.45) is 0 Å². The maximum atomic E-state index is 5.51. The number of nitrogens with one attached hydrogen (secondary N) is 2. The molecule has 2 aromatic rings. The van der Waals surface area contributed by atoms with Crippen molar-refractivity contribution >= 4 is 5.57 Å². The second-order valence-corrected chi connectivity index (χ2v) is 8.24. The third-order valence-electron chi connectivity index (χ3n) is 6.40. The van der Waals surface area contributed by atoms with Gasteiger partial charge in [0.1, 0.15) is 5.75 Å². The van der Waals surface area contributed by atoms with Crippen molar-refractivity contribution in [1.29, 1.82) is 0 Å². The summed E-state index contributed by atoms with van der Waals surface area (Å²) >= 11 is 0. The zero-order valence-corrected chi connectivity index (χ0v) is 17.5. The number of methoxy groups -OCH3 is 1. The predicted octanol–water partition coefficient (Wildman–Crippen LogP) is 2.85. The van der Waals surface area contributed by atoms with Crippen molar-refractivity contribution < 1.29 is 4.74 Å². The van der Waals surface area contributed by atoms with E-state index in [0.29, 0.717) is 6.04 Å². The lowest BCUT2D eigenvalue weighted by Crippen LogP contribution is -2.49. The zero-order chi connectivity index (χ0) is 20.3. The van der Waals surface area contributed by atoms with Crippen molar-refractivity contribution in [1.82, 2.24) is 20.4 Å². The Balaban J connectivity index is 1.47. The Kier molecular flexibility index (Phi) is 5.58. The summed E-state index contributed by atoms with van der Waals surface area (Å²) in [5.74, 6) is 0.913. The number of rotatable bonds is 5. The molecule has 0 aliphatic carbocycles. The van der Waals surface area contributed by atoms with Gasteiger partial charge in [0.25, 0.3) is 0 Å². The van der Waals surface area contributed by atoms with E-state index in [9.17, 15) is 0 Å². The number of hydrogen-bond donors (Lipinski definition) is 2. The fourth-order valence-corrected chi connectivity index (χ4v) is 4.80. The van der Waals surface area contributed by atoms with Gasteiger partial charge >= 0.3 is 0 Å². The molecule has 5 rings (SSSR count). The summed E-state index contributed by atoms with van der Waals surface area (Å²) in [7, 11) is 1.74. The van der Waals surface area contributed by atoms with Crippen LogP contribution in [0.3, 0.4) is 0 Å². The van der Waals surface area contributed by atoms with E-state index in [1.165, 1.54) is 16.7 Å². The number of hydrogen-bond acceptors (Lipinski definition) is 5. The molecule has 3 unspecified atom stereocenters. The summed E-state index contributed by atoms with van der Waals surface area (Å²) in [6, 6.07) is 19.8. The number of allylic oxidation sites excluding steroid dienone is 2. The van der Waals surface area contributed by atoms with Crippen molar-refractivity contribution in [2.75, 3.05) is 39.8 Å². The predicted molar refractivity (Wildman–Crippen MR) is 121 cm³/mol. The minimum atomic E-state index is 0.210. The Hall–Kier alpha value is -2.60. The van der Waals surface area contributed by atoms with Crippen molar-refractivity contribution in [3.8, 4) is 5.75 Å². The molecule has 0 aromatic heterocycles. The zero-order valence-electron chi connectivity index (χ0n) is 17.5. The minimum Gasteiger partial charge on any atom is -0.497 e.